The van der Waals surface area contributed by atoms with E-state index in [1.54, 1.807) is 0 Å². The summed E-state index contributed by atoms with van der Waals surface area (Å²) in [5.74, 6) is -0.318. The Hall–Kier alpha value is -1.42. The Morgan fingerprint density at radius 3 is 2.56 bits per heavy atom. The highest BCUT2D eigenvalue weighted by molar-refractivity contribution is 5.97. The maximum absolute atomic E-state index is 12.6. The first-order valence-corrected chi connectivity index (χ1v) is 5.26. The van der Waals surface area contributed by atoms with Crippen molar-refractivity contribution in [2.75, 3.05) is 11.9 Å². The van der Waals surface area contributed by atoms with Gasteiger partial charge in [-0.1, -0.05) is 6.92 Å². The summed E-state index contributed by atoms with van der Waals surface area (Å²) in [6.45, 7) is 1.79. The van der Waals surface area contributed by atoms with Gasteiger partial charge in [0, 0.05) is 5.69 Å². The van der Waals surface area contributed by atoms with Crippen molar-refractivity contribution >= 4 is 11.6 Å². The van der Waals surface area contributed by atoms with Crippen LogP contribution in [0.25, 0.3) is 0 Å². The maximum Gasteiger partial charge on any atom is 0.233 e. The van der Waals surface area contributed by atoms with Crippen molar-refractivity contribution in [3.8, 4) is 0 Å². The molecular formula is C12H14FNO2. The van der Waals surface area contributed by atoms with Crippen LogP contribution in [-0.4, -0.2) is 17.6 Å². The molecule has 2 atom stereocenters. The zero-order valence-corrected chi connectivity index (χ0v) is 9.03. The minimum Gasteiger partial charge on any atom is -0.395 e. The Morgan fingerprint density at radius 2 is 2.12 bits per heavy atom. The van der Waals surface area contributed by atoms with E-state index in [0.29, 0.717) is 12.1 Å². The Labute approximate surface area is 93.3 Å². The maximum atomic E-state index is 12.6. The lowest BCUT2D eigenvalue weighted by atomic mass is 10.0. The second-order valence-corrected chi connectivity index (χ2v) is 4.38. The minimum atomic E-state index is -0.631. The molecule has 1 amide bonds. The molecule has 1 aliphatic carbocycles. The molecule has 0 aromatic heterocycles. The fourth-order valence-electron chi connectivity index (χ4n) is 1.88. The fourth-order valence-corrected chi connectivity index (χ4v) is 1.88. The highest BCUT2D eigenvalue weighted by Crippen LogP contribution is 2.52. The van der Waals surface area contributed by atoms with Crippen LogP contribution in [0.1, 0.15) is 13.3 Å². The van der Waals surface area contributed by atoms with Gasteiger partial charge in [-0.25, -0.2) is 4.39 Å². The van der Waals surface area contributed by atoms with Gasteiger partial charge in [-0.2, -0.15) is 0 Å². The molecule has 0 saturated heterocycles. The summed E-state index contributed by atoms with van der Waals surface area (Å²) in [7, 11) is 0. The lowest BCUT2D eigenvalue weighted by Crippen LogP contribution is -2.28. The SMILES string of the molecule is C[C@@H]1C[C@@]1(CO)C(=O)Nc1ccc(F)cc1. The van der Waals surface area contributed by atoms with E-state index >= 15 is 0 Å². The van der Waals surface area contributed by atoms with Crippen LogP contribution < -0.4 is 5.32 Å². The molecule has 2 rings (SSSR count). The lowest BCUT2D eigenvalue weighted by molar-refractivity contribution is -0.123. The number of benzene rings is 1. The number of anilines is 1. The monoisotopic (exact) mass is 223 g/mol. The molecule has 0 heterocycles. The lowest BCUT2D eigenvalue weighted by Gasteiger charge is -2.13. The molecule has 4 heteroatoms. The van der Waals surface area contributed by atoms with E-state index in [-0.39, 0.29) is 24.2 Å². The van der Waals surface area contributed by atoms with E-state index < -0.39 is 5.41 Å². The van der Waals surface area contributed by atoms with Crippen LogP contribution in [0, 0.1) is 17.2 Å². The molecular weight excluding hydrogens is 209 g/mol. The van der Waals surface area contributed by atoms with Gasteiger partial charge in [0.1, 0.15) is 5.82 Å². The number of carbonyl (C=O) groups excluding carboxylic acids is 1. The van der Waals surface area contributed by atoms with Crippen LogP contribution in [0.5, 0.6) is 0 Å². The number of halogens is 1. The number of carbonyl (C=O) groups is 1. The third-order valence-corrected chi connectivity index (χ3v) is 3.29. The minimum absolute atomic E-state index is 0.138. The first kappa shape index (κ1) is 11.1. The molecule has 0 spiro atoms. The molecule has 0 unspecified atom stereocenters. The van der Waals surface area contributed by atoms with E-state index in [4.69, 9.17) is 0 Å². The summed E-state index contributed by atoms with van der Waals surface area (Å²) < 4.78 is 12.6. The van der Waals surface area contributed by atoms with Crippen LogP contribution in [-0.2, 0) is 4.79 Å². The molecule has 3 nitrogen and oxygen atoms in total. The largest absolute Gasteiger partial charge is 0.395 e. The van der Waals surface area contributed by atoms with Crippen molar-refractivity contribution < 1.29 is 14.3 Å². The Bertz CT molecular complexity index is 400. The van der Waals surface area contributed by atoms with Gasteiger partial charge in [0.25, 0.3) is 0 Å². The third-order valence-electron chi connectivity index (χ3n) is 3.29. The van der Waals surface area contributed by atoms with Crippen LogP contribution in [0.15, 0.2) is 24.3 Å². The summed E-state index contributed by atoms with van der Waals surface area (Å²) in [5.41, 5.74) is -0.0766. The Kier molecular flexibility index (Phi) is 2.68. The number of nitrogens with one attached hydrogen (secondary N) is 1. The first-order valence-electron chi connectivity index (χ1n) is 5.26. The van der Waals surface area contributed by atoms with Crippen molar-refractivity contribution in [1.29, 1.82) is 0 Å². The predicted octanol–water partition coefficient (Wildman–Crippen LogP) is 1.78. The molecule has 16 heavy (non-hydrogen) atoms. The molecule has 86 valence electrons. The molecule has 0 radical (unpaired) electrons. The van der Waals surface area contributed by atoms with Crippen molar-refractivity contribution in [3.63, 3.8) is 0 Å². The molecule has 1 fully saturated rings. The average molecular weight is 223 g/mol. The first-order chi connectivity index (χ1) is 7.58. The zero-order chi connectivity index (χ0) is 11.8. The van der Waals surface area contributed by atoms with Gasteiger partial charge in [-0.15, -0.1) is 0 Å². The van der Waals surface area contributed by atoms with Crippen molar-refractivity contribution in [2.45, 2.75) is 13.3 Å². The van der Waals surface area contributed by atoms with Crippen LogP contribution in [0.4, 0.5) is 10.1 Å². The standard InChI is InChI=1S/C12H14FNO2/c1-8-6-12(8,7-15)11(16)14-10-4-2-9(13)3-5-10/h2-5,8,15H,6-7H2,1H3,(H,14,16)/t8-,12+/m1/s1. The summed E-state index contributed by atoms with van der Waals surface area (Å²) >= 11 is 0. The molecule has 1 saturated carbocycles. The van der Waals surface area contributed by atoms with E-state index in [1.807, 2.05) is 6.92 Å². The second kappa shape index (κ2) is 3.87. The summed E-state index contributed by atoms with van der Waals surface area (Å²) in [5, 5.41) is 11.9. The number of rotatable bonds is 3. The molecule has 1 aromatic carbocycles. The van der Waals surface area contributed by atoms with Crippen LogP contribution in [0.2, 0.25) is 0 Å². The topological polar surface area (TPSA) is 49.3 Å². The van der Waals surface area contributed by atoms with Crippen molar-refractivity contribution in [2.24, 2.45) is 11.3 Å². The van der Waals surface area contributed by atoms with Gasteiger partial charge in [-0.3, -0.25) is 4.79 Å². The van der Waals surface area contributed by atoms with E-state index in [1.165, 1.54) is 24.3 Å². The van der Waals surface area contributed by atoms with Gasteiger partial charge in [0.15, 0.2) is 0 Å². The smallest absolute Gasteiger partial charge is 0.233 e. The second-order valence-electron chi connectivity index (χ2n) is 4.38. The number of amides is 1. The van der Waals surface area contributed by atoms with Crippen molar-refractivity contribution in [3.05, 3.63) is 30.1 Å². The van der Waals surface area contributed by atoms with Gasteiger partial charge >= 0.3 is 0 Å². The third kappa shape index (κ3) is 1.80. The molecule has 0 aliphatic heterocycles. The van der Waals surface area contributed by atoms with Crippen LogP contribution >= 0.6 is 0 Å². The van der Waals surface area contributed by atoms with Gasteiger partial charge in [0.05, 0.1) is 12.0 Å². The summed E-state index contributed by atoms with van der Waals surface area (Å²) in [6.07, 6.45) is 0.705. The number of hydrogen-bond acceptors (Lipinski definition) is 2. The highest BCUT2D eigenvalue weighted by Gasteiger charge is 2.56. The van der Waals surface area contributed by atoms with E-state index in [9.17, 15) is 14.3 Å². The number of aliphatic hydroxyl groups is 1. The molecule has 1 aliphatic rings. The van der Waals surface area contributed by atoms with Crippen molar-refractivity contribution in [1.82, 2.24) is 0 Å². The Morgan fingerprint density at radius 1 is 1.56 bits per heavy atom. The van der Waals surface area contributed by atoms with Gasteiger partial charge < -0.3 is 10.4 Å². The number of hydrogen-bond donors (Lipinski definition) is 2. The average Bonchev–Trinajstić information content (AvgIpc) is 2.94. The predicted molar refractivity (Wildman–Crippen MR) is 58.3 cm³/mol. The Balaban J connectivity index is 2.05. The van der Waals surface area contributed by atoms with Crippen LogP contribution in [0.3, 0.4) is 0 Å². The molecule has 1 aromatic rings. The molecule has 2 N–H and O–H groups in total. The number of aliphatic hydroxyl groups excluding tert-OH is 1. The van der Waals surface area contributed by atoms with E-state index in [0.717, 1.165) is 0 Å². The zero-order valence-electron chi connectivity index (χ0n) is 9.03. The fraction of sp³-hybridized carbons (Fsp3) is 0.417. The van der Waals surface area contributed by atoms with Gasteiger partial charge in [0.2, 0.25) is 5.91 Å². The quantitative estimate of drug-likeness (QED) is 0.820. The highest BCUT2D eigenvalue weighted by atomic mass is 19.1. The summed E-state index contributed by atoms with van der Waals surface area (Å²) in [6, 6.07) is 5.59. The normalized spacial score (nSPS) is 27.6. The summed E-state index contributed by atoms with van der Waals surface area (Å²) in [4.78, 5) is 11.9. The van der Waals surface area contributed by atoms with E-state index in [2.05, 4.69) is 5.32 Å². The van der Waals surface area contributed by atoms with Gasteiger partial charge in [-0.05, 0) is 36.6 Å². The molecule has 0 bridgehead atoms.